The lowest BCUT2D eigenvalue weighted by molar-refractivity contribution is -0.116. The number of aromatic nitrogens is 4. The summed E-state index contributed by atoms with van der Waals surface area (Å²) in [5.41, 5.74) is 1.93. The fraction of sp³-hybridized carbons (Fsp3) is 0.429. The second kappa shape index (κ2) is 5.61. The van der Waals surface area contributed by atoms with Gasteiger partial charge in [0.25, 0.3) is 0 Å². The van der Waals surface area contributed by atoms with Crippen LogP contribution in [-0.2, 0) is 22.7 Å². The topological polar surface area (TPSA) is 81.9 Å². The number of nitrogens with zero attached hydrogens (tertiary/aromatic N) is 4. The minimum absolute atomic E-state index is 0.0105. The Morgan fingerprint density at radius 2 is 2.14 bits per heavy atom. The molecule has 0 spiro atoms. The zero-order chi connectivity index (χ0) is 14.8. The number of rotatable bonds is 4. The second-order valence-electron chi connectivity index (χ2n) is 4.93. The highest BCUT2D eigenvalue weighted by molar-refractivity contribution is 5.94. The molecule has 0 saturated carbocycles. The maximum atomic E-state index is 11.9. The Morgan fingerprint density at radius 3 is 2.81 bits per heavy atom. The SMILES string of the molecule is CCn1ncc2c1NC(=O)C[C@@H]2c1cnc(COC)nc1. The summed E-state index contributed by atoms with van der Waals surface area (Å²) < 4.78 is 6.79. The average Bonchev–Trinajstić information content (AvgIpc) is 2.90. The van der Waals surface area contributed by atoms with E-state index in [2.05, 4.69) is 20.4 Å². The molecule has 0 aliphatic carbocycles. The number of hydrogen-bond acceptors (Lipinski definition) is 5. The number of ether oxygens (including phenoxy) is 1. The summed E-state index contributed by atoms with van der Waals surface area (Å²) in [5.74, 6) is 1.35. The van der Waals surface area contributed by atoms with E-state index in [-0.39, 0.29) is 11.8 Å². The van der Waals surface area contributed by atoms with Crippen LogP contribution in [0.15, 0.2) is 18.6 Å². The van der Waals surface area contributed by atoms with E-state index in [0.29, 0.717) is 25.4 Å². The van der Waals surface area contributed by atoms with Crippen LogP contribution in [0.4, 0.5) is 5.82 Å². The summed E-state index contributed by atoms with van der Waals surface area (Å²) in [6, 6.07) is 0. The number of methoxy groups -OCH3 is 1. The third-order valence-electron chi connectivity index (χ3n) is 3.59. The molecule has 2 aromatic rings. The van der Waals surface area contributed by atoms with Gasteiger partial charge in [-0.25, -0.2) is 14.6 Å². The molecule has 3 rings (SSSR count). The third-order valence-corrected chi connectivity index (χ3v) is 3.59. The van der Waals surface area contributed by atoms with Crippen molar-refractivity contribution in [3.63, 3.8) is 0 Å². The van der Waals surface area contributed by atoms with Crippen molar-refractivity contribution >= 4 is 11.7 Å². The van der Waals surface area contributed by atoms with Crippen molar-refractivity contribution in [1.29, 1.82) is 0 Å². The standard InChI is InChI=1S/C14H17N5O2/c1-3-19-14-11(7-17-19)10(4-13(20)18-14)9-5-15-12(8-21-2)16-6-9/h5-7,10H,3-4,8H2,1-2H3,(H,18,20)/t10-/m1/s1. The van der Waals surface area contributed by atoms with Gasteiger partial charge in [0.1, 0.15) is 12.4 Å². The molecule has 2 aromatic heterocycles. The fourth-order valence-corrected chi connectivity index (χ4v) is 2.56. The Labute approximate surface area is 122 Å². The van der Waals surface area contributed by atoms with E-state index in [1.54, 1.807) is 24.2 Å². The predicted molar refractivity (Wildman–Crippen MR) is 75.7 cm³/mol. The van der Waals surface area contributed by atoms with Crippen LogP contribution in [0.5, 0.6) is 0 Å². The van der Waals surface area contributed by atoms with Gasteiger partial charge in [0.2, 0.25) is 5.91 Å². The van der Waals surface area contributed by atoms with Crippen molar-refractivity contribution in [3.8, 4) is 0 Å². The van der Waals surface area contributed by atoms with Crippen LogP contribution in [0.25, 0.3) is 0 Å². The quantitative estimate of drug-likeness (QED) is 0.917. The lowest BCUT2D eigenvalue weighted by atomic mass is 9.89. The zero-order valence-corrected chi connectivity index (χ0v) is 12.0. The molecule has 0 aromatic carbocycles. The van der Waals surface area contributed by atoms with Crippen LogP contribution in [0, 0.1) is 0 Å². The highest BCUT2D eigenvalue weighted by Gasteiger charge is 2.30. The van der Waals surface area contributed by atoms with E-state index in [0.717, 1.165) is 16.9 Å². The van der Waals surface area contributed by atoms with Crippen LogP contribution in [-0.4, -0.2) is 32.8 Å². The molecule has 0 bridgehead atoms. The number of hydrogen-bond donors (Lipinski definition) is 1. The van der Waals surface area contributed by atoms with Crippen LogP contribution >= 0.6 is 0 Å². The van der Waals surface area contributed by atoms with Gasteiger partial charge in [-0.2, -0.15) is 5.10 Å². The number of anilines is 1. The van der Waals surface area contributed by atoms with Crippen molar-refractivity contribution in [1.82, 2.24) is 19.7 Å². The van der Waals surface area contributed by atoms with Gasteiger partial charge in [0, 0.05) is 44.0 Å². The number of aryl methyl sites for hydroxylation is 1. The molecule has 7 heteroatoms. The Bertz CT molecular complexity index is 650. The molecule has 7 nitrogen and oxygen atoms in total. The van der Waals surface area contributed by atoms with Gasteiger partial charge < -0.3 is 10.1 Å². The third kappa shape index (κ3) is 2.52. The van der Waals surface area contributed by atoms with Crippen molar-refractivity contribution in [2.24, 2.45) is 0 Å². The van der Waals surface area contributed by atoms with Crippen LogP contribution in [0.3, 0.4) is 0 Å². The van der Waals surface area contributed by atoms with Crippen LogP contribution in [0.2, 0.25) is 0 Å². The first-order valence-electron chi connectivity index (χ1n) is 6.88. The van der Waals surface area contributed by atoms with E-state index in [4.69, 9.17) is 4.74 Å². The van der Waals surface area contributed by atoms with Crippen molar-refractivity contribution < 1.29 is 9.53 Å². The number of carbonyl (C=O) groups is 1. The number of amides is 1. The average molecular weight is 287 g/mol. The summed E-state index contributed by atoms with van der Waals surface area (Å²) >= 11 is 0. The van der Waals surface area contributed by atoms with Crippen LogP contribution < -0.4 is 5.32 Å². The largest absolute Gasteiger partial charge is 0.377 e. The Morgan fingerprint density at radius 1 is 1.38 bits per heavy atom. The molecular weight excluding hydrogens is 270 g/mol. The second-order valence-corrected chi connectivity index (χ2v) is 4.93. The van der Waals surface area contributed by atoms with Gasteiger partial charge in [0.15, 0.2) is 5.82 Å². The fourth-order valence-electron chi connectivity index (χ4n) is 2.56. The normalized spacial score (nSPS) is 17.4. The maximum absolute atomic E-state index is 11.9. The first-order chi connectivity index (χ1) is 10.2. The van der Waals surface area contributed by atoms with Gasteiger partial charge in [0.05, 0.1) is 6.20 Å². The summed E-state index contributed by atoms with van der Waals surface area (Å²) in [6.07, 6.45) is 5.72. The van der Waals surface area contributed by atoms with E-state index >= 15 is 0 Å². The molecular formula is C14H17N5O2. The lowest BCUT2D eigenvalue weighted by Crippen LogP contribution is -2.25. The minimum atomic E-state index is -0.0503. The van der Waals surface area contributed by atoms with Gasteiger partial charge >= 0.3 is 0 Å². The molecule has 1 amide bonds. The molecule has 21 heavy (non-hydrogen) atoms. The molecule has 0 radical (unpaired) electrons. The molecule has 1 atom stereocenters. The first-order valence-corrected chi connectivity index (χ1v) is 6.88. The van der Waals surface area contributed by atoms with Crippen molar-refractivity contribution in [2.75, 3.05) is 12.4 Å². The monoisotopic (exact) mass is 287 g/mol. The molecule has 0 unspecified atom stereocenters. The van der Waals surface area contributed by atoms with Gasteiger partial charge in [-0.05, 0) is 12.5 Å². The molecule has 1 aliphatic heterocycles. The maximum Gasteiger partial charge on any atom is 0.226 e. The summed E-state index contributed by atoms with van der Waals surface area (Å²) in [5, 5.41) is 7.21. The Balaban J connectivity index is 1.95. The van der Waals surface area contributed by atoms with Crippen molar-refractivity contribution in [3.05, 3.63) is 35.5 Å². The smallest absolute Gasteiger partial charge is 0.226 e. The molecule has 110 valence electrons. The summed E-state index contributed by atoms with van der Waals surface area (Å²) in [6.45, 7) is 3.09. The van der Waals surface area contributed by atoms with Gasteiger partial charge in [-0.15, -0.1) is 0 Å². The molecule has 1 aliphatic rings. The first kappa shape index (κ1) is 13.7. The van der Waals surface area contributed by atoms with E-state index in [9.17, 15) is 4.79 Å². The van der Waals surface area contributed by atoms with Crippen molar-refractivity contribution in [2.45, 2.75) is 32.4 Å². The molecule has 0 fully saturated rings. The van der Waals surface area contributed by atoms with E-state index in [1.807, 2.05) is 13.1 Å². The summed E-state index contributed by atoms with van der Waals surface area (Å²) in [7, 11) is 1.61. The number of fused-ring (bicyclic) bond motifs is 1. The minimum Gasteiger partial charge on any atom is -0.377 e. The van der Waals surface area contributed by atoms with Crippen LogP contribution in [0.1, 0.15) is 36.2 Å². The molecule has 0 saturated heterocycles. The Hall–Kier alpha value is -2.28. The Kier molecular flexibility index (Phi) is 3.66. The highest BCUT2D eigenvalue weighted by atomic mass is 16.5. The lowest BCUT2D eigenvalue weighted by Gasteiger charge is -2.23. The van der Waals surface area contributed by atoms with Gasteiger partial charge in [-0.1, -0.05) is 0 Å². The number of carbonyl (C=O) groups excluding carboxylic acids is 1. The van der Waals surface area contributed by atoms with E-state index in [1.165, 1.54) is 0 Å². The molecule has 1 N–H and O–H groups in total. The predicted octanol–water partition coefficient (Wildman–Crippen LogP) is 1.31. The van der Waals surface area contributed by atoms with E-state index < -0.39 is 0 Å². The van der Waals surface area contributed by atoms with Gasteiger partial charge in [-0.3, -0.25) is 4.79 Å². The zero-order valence-electron chi connectivity index (χ0n) is 12.0. The summed E-state index contributed by atoms with van der Waals surface area (Å²) in [4.78, 5) is 20.5. The highest BCUT2D eigenvalue weighted by Crippen LogP contribution is 2.36. The number of nitrogens with one attached hydrogen (secondary N) is 1. The molecule has 3 heterocycles.